The topological polar surface area (TPSA) is 16.4 Å². The van der Waals surface area contributed by atoms with Crippen molar-refractivity contribution in [3.05, 3.63) is 258 Å². The van der Waals surface area contributed by atoms with Crippen LogP contribution in [0.5, 0.6) is 0 Å². The summed E-state index contributed by atoms with van der Waals surface area (Å²) in [5.41, 5.74) is 17.5. The smallest absolute Gasteiger partial charge is 0.142 e. The molecule has 11 aromatic rings. The number of nitrogens with zero attached hydrogens (tertiary/aromatic N) is 1. The van der Waals surface area contributed by atoms with E-state index in [1.165, 1.54) is 81.5 Å². The summed E-state index contributed by atoms with van der Waals surface area (Å²) >= 11 is 1.92. The minimum atomic E-state index is -0.546. The fourth-order valence-corrected chi connectivity index (χ4v) is 12.1. The van der Waals surface area contributed by atoms with Gasteiger partial charge in [-0.2, -0.15) is 0 Å². The van der Waals surface area contributed by atoms with E-state index in [-0.39, 0.29) is 0 Å². The predicted molar refractivity (Wildman–Crippen MR) is 270 cm³/mol. The second kappa shape index (κ2) is 14.7. The second-order valence-corrected chi connectivity index (χ2v) is 18.1. The summed E-state index contributed by atoms with van der Waals surface area (Å²) in [6.45, 7) is 0. The van der Waals surface area contributed by atoms with Crippen molar-refractivity contribution in [2.45, 2.75) is 18.3 Å². The Morgan fingerprint density at radius 1 is 0.453 bits per heavy atom. The highest BCUT2D eigenvalue weighted by molar-refractivity contribution is 7.26. The molecular formula is C61H41NOS. The zero-order valence-corrected chi connectivity index (χ0v) is 35.9. The lowest BCUT2D eigenvalue weighted by molar-refractivity contribution is 0.667. The Balaban J connectivity index is 1.03. The van der Waals surface area contributed by atoms with Crippen molar-refractivity contribution in [3.63, 3.8) is 0 Å². The summed E-state index contributed by atoms with van der Waals surface area (Å²) in [6, 6.07) is 78.0. The van der Waals surface area contributed by atoms with Gasteiger partial charge in [0.15, 0.2) is 0 Å². The third-order valence-electron chi connectivity index (χ3n) is 13.7. The normalized spacial score (nSPS) is 14.1. The molecule has 0 aliphatic heterocycles. The van der Waals surface area contributed by atoms with E-state index < -0.39 is 5.41 Å². The van der Waals surface area contributed by atoms with Crippen LogP contribution in [0.15, 0.2) is 235 Å². The molecule has 0 N–H and O–H groups in total. The first kappa shape index (κ1) is 36.9. The summed E-state index contributed by atoms with van der Waals surface area (Å²) in [6.07, 6.45) is 6.42. The first-order valence-corrected chi connectivity index (χ1v) is 23.0. The molecule has 0 fully saturated rings. The van der Waals surface area contributed by atoms with Crippen LogP contribution < -0.4 is 4.90 Å². The average Bonchev–Trinajstić information content (AvgIpc) is 4.04. The first-order chi connectivity index (χ1) is 31.7. The minimum Gasteiger partial charge on any atom is -0.455 e. The Kier molecular flexibility index (Phi) is 8.47. The van der Waals surface area contributed by atoms with Gasteiger partial charge in [0, 0.05) is 59.1 Å². The van der Waals surface area contributed by atoms with E-state index in [4.69, 9.17) is 4.42 Å². The summed E-state index contributed by atoms with van der Waals surface area (Å²) in [5.74, 6) is 0. The largest absolute Gasteiger partial charge is 0.455 e. The molecule has 13 rings (SSSR count). The van der Waals surface area contributed by atoms with Crippen LogP contribution in [0.4, 0.5) is 11.4 Å². The molecular weight excluding hydrogens is 795 g/mol. The maximum Gasteiger partial charge on any atom is 0.142 e. The Hall–Kier alpha value is -7.72. The summed E-state index contributed by atoms with van der Waals surface area (Å²) in [7, 11) is 0. The fourth-order valence-electron chi connectivity index (χ4n) is 10.8. The van der Waals surface area contributed by atoms with E-state index in [0.717, 1.165) is 46.2 Å². The molecule has 3 heteroatoms. The van der Waals surface area contributed by atoms with Crippen LogP contribution in [0, 0.1) is 0 Å². The molecule has 0 bridgehead atoms. The van der Waals surface area contributed by atoms with Gasteiger partial charge in [-0.05, 0) is 99.8 Å². The number of allylic oxidation sites excluding steroid dienone is 4. The van der Waals surface area contributed by atoms with Crippen LogP contribution in [-0.4, -0.2) is 0 Å². The molecule has 2 aliphatic carbocycles. The molecule has 2 heterocycles. The maximum atomic E-state index is 6.53. The van der Waals surface area contributed by atoms with E-state index in [1.807, 2.05) is 17.4 Å². The molecule has 0 saturated carbocycles. The quantitative estimate of drug-likeness (QED) is 0.159. The molecule has 0 atom stereocenters. The van der Waals surface area contributed by atoms with Crippen molar-refractivity contribution in [2.75, 3.05) is 4.90 Å². The molecule has 2 aliphatic rings. The number of fused-ring (bicyclic) bond motifs is 10. The molecule has 0 radical (unpaired) electrons. The molecule has 64 heavy (non-hydrogen) atoms. The molecule has 0 spiro atoms. The number of para-hydroxylation sites is 2. The number of rotatable bonds is 7. The number of thiophene rings is 1. The molecule has 0 amide bonds. The van der Waals surface area contributed by atoms with Gasteiger partial charge in [-0.15, -0.1) is 11.3 Å². The van der Waals surface area contributed by atoms with E-state index in [2.05, 4.69) is 223 Å². The molecule has 2 aromatic heterocycles. The highest BCUT2D eigenvalue weighted by Gasteiger charge is 2.47. The van der Waals surface area contributed by atoms with Crippen molar-refractivity contribution < 1.29 is 4.42 Å². The van der Waals surface area contributed by atoms with Gasteiger partial charge in [0.2, 0.25) is 0 Å². The van der Waals surface area contributed by atoms with Crippen molar-refractivity contribution in [1.29, 1.82) is 0 Å². The third kappa shape index (κ3) is 5.57. The van der Waals surface area contributed by atoms with Gasteiger partial charge >= 0.3 is 0 Å². The van der Waals surface area contributed by atoms with E-state index in [0.29, 0.717) is 0 Å². The van der Waals surface area contributed by atoms with E-state index >= 15 is 0 Å². The fraction of sp³-hybridized carbons (Fsp3) is 0.0492. The summed E-state index contributed by atoms with van der Waals surface area (Å²) in [5, 5.41) is 4.96. The second-order valence-electron chi connectivity index (χ2n) is 17.1. The molecule has 302 valence electrons. The lowest BCUT2D eigenvalue weighted by Gasteiger charge is -2.35. The van der Waals surface area contributed by atoms with Gasteiger partial charge < -0.3 is 9.32 Å². The first-order valence-electron chi connectivity index (χ1n) is 22.2. The average molecular weight is 836 g/mol. The Morgan fingerprint density at radius 2 is 1.11 bits per heavy atom. The molecule has 9 aromatic carbocycles. The monoisotopic (exact) mass is 835 g/mol. The minimum absolute atomic E-state index is 0.546. The number of hydrogen-bond donors (Lipinski definition) is 0. The Labute approximate surface area is 376 Å². The lowest BCUT2D eigenvalue weighted by atomic mass is 9.67. The summed E-state index contributed by atoms with van der Waals surface area (Å²) < 4.78 is 9.20. The SMILES string of the molecule is C1=C(c2cccc3c2oc2ccccc23)CCC(N(c2ccc(-c3ccccc3)cc2)c2ccc3c(c2)C(c2ccccc2)(c2ccccc2)c2ccc4c(sc5ccccc54)c2-3)=C1. The molecule has 0 saturated heterocycles. The van der Waals surface area contributed by atoms with Crippen molar-refractivity contribution in [1.82, 2.24) is 0 Å². The Bertz CT molecular complexity index is 3610. The highest BCUT2D eigenvalue weighted by Crippen LogP contribution is 2.60. The summed E-state index contributed by atoms with van der Waals surface area (Å²) in [4.78, 5) is 2.50. The van der Waals surface area contributed by atoms with Gasteiger partial charge in [-0.25, -0.2) is 0 Å². The van der Waals surface area contributed by atoms with Crippen LogP contribution >= 0.6 is 11.3 Å². The zero-order chi connectivity index (χ0) is 42.2. The van der Waals surface area contributed by atoms with Crippen LogP contribution in [0.2, 0.25) is 0 Å². The number of hydrogen-bond acceptors (Lipinski definition) is 3. The Morgan fingerprint density at radius 3 is 1.86 bits per heavy atom. The number of anilines is 2. The van der Waals surface area contributed by atoms with Crippen LogP contribution in [0.25, 0.3) is 69.9 Å². The van der Waals surface area contributed by atoms with Gasteiger partial charge in [-0.3, -0.25) is 0 Å². The highest BCUT2D eigenvalue weighted by atomic mass is 32.1. The van der Waals surface area contributed by atoms with Gasteiger partial charge in [0.25, 0.3) is 0 Å². The third-order valence-corrected chi connectivity index (χ3v) is 14.9. The van der Waals surface area contributed by atoms with Gasteiger partial charge in [0.05, 0.1) is 5.41 Å². The maximum absolute atomic E-state index is 6.53. The van der Waals surface area contributed by atoms with Crippen molar-refractivity contribution >= 4 is 70.4 Å². The van der Waals surface area contributed by atoms with Crippen molar-refractivity contribution in [2.24, 2.45) is 0 Å². The van der Waals surface area contributed by atoms with Crippen LogP contribution in [0.1, 0.15) is 40.7 Å². The van der Waals surface area contributed by atoms with Crippen LogP contribution in [0.3, 0.4) is 0 Å². The lowest BCUT2D eigenvalue weighted by Crippen LogP contribution is -2.29. The van der Waals surface area contributed by atoms with Gasteiger partial charge in [0.1, 0.15) is 11.2 Å². The zero-order valence-electron chi connectivity index (χ0n) is 35.0. The van der Waals surface area contributed by atoms with Crippen molar-refractivity contribution in [3.8, 4) is 22.3 Å². The van der Waals surface area contributed by atoms with Gasteiger partial charge in [-0.1, -0.05) is 182 Å². The molecule has 2 nitrogen and oxygen atoms in total. The number of benzene rings is 9. The predicted octanol–water partition coefficient (Wildman–Crippen LogP) is 16.9. The standard InChI is InChI=1S/C61H41NOS/c1-4-15-40(16-5-1)41-27-31-45(32-28-41)62(46-33-29-42(30-34-46)48-23-14-24-51-49-21-10-12-25-56(49)63-59(48)51)47-35-36-53-55(39-47)61(43-17-6-2-7-18-43,44-19-8-3-9-20-44)54-38-37-52-50-22-11-13-26-57(50)64-60(52)58(53)54/h1-29,31-33,35-39H,30,34H2. The number of furan rings is 1. The van der Waals surface area contributed by atoms with E-state index in [9.17, 15) is 0 Å². The molecule has 0 unspecified atom stereocenters. The van der Waals surface area contributed by atoms with E-state index in [1.54, 1.807) is 0 Å². The van der Waals surface area contributed by atoms with Crippen LogP contribution in [-0.2, 0) is 5.41 Å².